The van der Waals surface area contributed by atoms with E-state index in [1.807, 2.05) is 0 Å². The van der Waals surface area contributed by atoms with Crippen molar-refractivity contribution < 1.29 is 39.6 Å². The van der Waals surface area contributed by atoms with E-state index >= 15 is 0 Å². The Morgan fingerprint density at radius 1 is 0.769 bits per heavy atom. The Labute approximate surface area is 150 Å². The number of rotatable bonds is 7. The first-order valence-electron chi connectivity index (χ1n) is 8.52. The summed E-state index contributed by atoms with van der Waals surface area (Å²) in [4.78, 5) is 46.9. The van der Waals surface area contributed by atoms with Crippen molar-refractivity contribution in [2.24, 2.45) is 11.8 Å². The maximum atomic E-state index is 11.8. The predicted octanol–water partition coefficient (Wildman–Crippen LogP) is 2.54. The average molecular weight is 368 g/mol. The van der Waals surface area contributed by atoms with Gasteiger partial charge in [-0.2, -0.15) is 0 Å². The Morgan fingerprint density at radius 3 is 1.62 bits per heavy atom. The summed E-state index contributed by atoms with van der Waals surface area (Å²) in [5, 5.41) is 38.2. The molecule has 0 amide bonds. The van der Waals surface area contributed by atoms with Gasteiger partial charge in [-0.3, -0.25) is 0 Å². The molecule has 0 saturated heterocycles. The fourth-order valence-electron chi connectivity index (χ4n) is 3.42. The van der Waals surface area contributed by atoms with Crippen molar-refractivity contribution in [1.29, 1.82) is 0 Å². The molecule has 144 valence electrons. The first-order valence-corrected chi connectivity index (χ1v) is 8.52. The molecule has 4 N–H and O–H groups in total. The highest BCUT2D eigenvalue weighted by Crippen LogP contribution is 2.36. The zero-order chi connectivity index (χ0) is 20.0. The van der Waals surface area contributed by atoms with Gasteiger partial charge in [0, 0.05) is 16.7 Å². The van der Waals surface area contributed by atoms with E-state index in [0.29, 0.717) is 12.8 Å². The molecule has 2 atom stereocenters. The Kier molecular flexibility index (Phi) is 7.55. The van der Waals surface area contributed by atoms with Crippen LogP contribution in [0.15, 0.2) is 22.3 Å². The van der Waals surface area contributed by atoms with Crippen LogP contribution in [0.5, 0.6) is 0 Å². The van der Waals surface area contributed by atoms with Crippen molar-refractivity contribution in [2.75, 3.05) is 0 Å². The number of carbonyl (C=O) groups is 4. The van der Waals surface area contributed by atoms with Gasteiger partial charge in [0.2, 0.25) is 0 Å². The SMILES string of the molecule is CCCC1C/C(C(=O)O)=C(/C(=O)O)CC(CC)C/C(C(=O)O)=C\1C(=O)O. The van der Waals surface area contributed by atoms with Gasteiger partial charge < -0.3 is 20.4 Å². The van der Waals surface area contributed by atoms with Crippen LogP contribution in [-0.2, 0) is 19.2 Å². The van der Waals surface area contributed by atoms with E-state index < -0.39 is 35.7 Å². The molecule has 0 aromatic carbocycles. The summed E-state index contributed by atoms with van der Waals surface area (Å²) >= 11 is 0. The molecule has 1 rings (SSSR count). The Morgan fingerprint density at radius 2 is 1.23 bits per heavy atom. The van der Waals surface area contributed by atoms with Gasteiger partial charge in [0.15, 0.2) is 0 Å². The van der Waals surface area contributed by atoms with Crippen LogP contribution in [0.4, 0.5) is 0 Å². The lowest BCUT2D eigenvalue weighted by molar-refractivity contribution is -0.137. The van der Waals surface area contributed by atoms with Crippen LogP contribution in [-0.4, -0.2) is 44.3 Å². The summed E-state index contributed by atoms with van der Waals surface area (Å²) in [6, 6.07) is 0. The molecule has 0 spiro atoms. The van der Waals surface area contributed by atoms with Crippen molar-refractivity contribution >= 4 is 23.9 Å². The number of hydrogen-bond acceptors (Lipinski definition) is 4. The van der Waals surface area contributed by atoms with Crippen LogP contribution in [0.3, 0.4) is 0 Å². The molecule has 26 heavy (non-hydrogen) atoms. The van der Waals surface area contributed by atoms with Gasteiger partial charge in [-0.05, 0) is 37.5 Å². The fraction of sp³-hybridized carbons (Fsp3) is 0.556. The average Bonchev–Trinajstić information content (AvgIpc) is 2.60. The zero-order valence-corrected chi connectivity index (χ0v) is 14.8. The standard InChI is InChI=1S/C18H24O8/c1-3-5-10-8-12(16(21)22)11(15(19)20)6-9(4-2)7-13(17(23)24)14(10)18(25)26/h9-10H,3-8H2,1-2H3,(H,19,20)(H,21,22)(H,23,24)(H,25,26)/b12-11-,14-13-. The lowest BCUT2D eigenvalue weighted by atomic mass is 9.83. The summed E-state index contributed by atoms with van der Waals surface area (Å²) in [5.74, 6) is -6.90. The summed E-state index contributed by atoms with van der Waals surface area (Å²) in [7, 11) is 0. The third-order valence-corrected chi connectivity index (χ3v) is 4.75. The highest BCUT2D eigenvalue weighted by Gasteiger charge is 2.35. The molecule has 0 bridgehead atoms. The second kappa shape index (κ2) is 9.17. The molecule has 1 aliphatic carbocycles. The third kappa shape index (κ3) is 4.93. The van der Waals surface area contributed by atoms with Crippen molar-refractivity contribution in [1.82, 2.24) is 0 Å². The van der Waals surface area contributed by atoms with Crippen molar-refractivity contribution in [2.45, 2.75) is 52.4 Å². The Hall–Kier alpha value is -2.64. The molecule has 0 saturated carbocycles. The second-order valence-electron chi connectivity index (χ2n) is 6.44. The molecule has 0 aromatic rings. The predicted molar refractivity (Wildman–Crippen MR) is 90.6 cm³/mol. The smallest absolute Gasteiger partial charge is 0.332 e. The largest absolute Gasteiger partial charge is 0.478 e. The van der Waals surface area contributed by atoms with Gasteiger partial charge in [0.25, 0.3) is 0 Å². The molecule has 0 aliphatic heterocycles. The minimum atomic E-state index is -1.41. The van der Waals surface area contributed by atoms with E-state index in [0.717, 1.165) is 0 Å². The molecule has 0 heterocycles. The fourth-order valence-corrected chi connectivity index (χ4v) is 3.42. The van der Waals surface area contributed by atoms with Gasteiger partial charge in [0.1, 0.15) is 0 Å². The van der Waals surface area contributed by atoms with Crippen LogP contribution in [0, 0.1) is 11.8 Å². The monoisotopic (exact) mass is 368 g/mol. The maximum Gasteiger partial charge on any atom is 0.332 e. The zero-order valence-electron chi connectivity index (χ0n) is 14.8. The van der Waals surface area contributed by atoms with Crippen LogP contribution >= 0.6 is 0 Å². The van der Waals surface area contributed by atoms with Crippen LogP contribution in [0.2, 0.25) is 0 Å². The minimum Gasteiger partial charge on any atom is -0.478 e. The van der Waals surface area contributed by atoms with E-state index in [2.05, 4.69) is 0 Å². The normalized spacial score (nSPS) is 27.2. The van der Waals surface area contributed by atoms with Gasteiger partial charge in [-0.25, -0.2) is 19.2 Å². The first-order chi connectivity index (χ1) is 12.1. The van der Waals surface area contributed by atoms with Gasteiger partial charge in [-0.15, -0.1) is 0 Å². The Balaban J connectivity index is 3.73. The minimum absolute atomic E-state index is 0.114. The molecular weight excluding hydrogens is 344 g/mol. The Bertz CT molecular complexity index is 671. The first kappa shape index (κ1) is 21.4. The lowest BCUT2D eigenvalue weighted by Crippen LogP contribution is -2.21. The molecule has 0 fully saturated rings. The van der Waals surface area contributed by atoms with E-state index in [9.17, 15) is 39.6 Å². The molecular formula is C18H24O8. The number of carboxylic acids is 4. The molecule has 2 unspecified atom stereocenters. The van der Waals surface area contributed by atoms with Crippen molar-refractivity contribution in [3.8, 4) is 0 Å². The van der Waals surface area contributed by atoms with Crippen LogP contribution in [0.1, 0.15) is 52.4 Å². The number of hydrogen-bond donors (Lipinski definition) is 4. The van der Waals surface area contributed by atoms with Crippen LogP contribution in [0.25, 0.3) is 0 Å². The molecule has 8 heteroatoms. The second-order valence-corrected chi connectivity index (χ2v) is 6.44. The molecule has 0 aromatic heterocycles. The van der Waals surface area contributed by atoms with E-state index in [-0.39, 0.29) is 48.0 Å². The van der Waals surface area contributed by atoms with E-state index in [4.69, 9.17) is 0 Å². The van der Waals surface area contributed by atoms with Crippen molar-refractivity contribution in [3.05, 3.63) is 22.3 Å². The van der Waals surface area contributed by atoms with E-state index in [1.165, 1.54) is 0 Å². The summed E-state index contributed by atoms with van der Waals surface area (Å²) in [6.45, 7) is 3.50. The number of carboxylic acid groups (broad SMARTS) is 4. The number of aliphatic carboxylic acids is 4. The summed E-state index contributed by atoms with van der Waals surface area (Å²) in [6.07, 6.45) is 0.596. The van der Waals surface area contributed by atoms with Gasteiger partial charge in [-0.1, -0.05) is 26.7 Å². The summed E-state index contributed by atoms with van der Waals surface area (Å²) < 4.78 is 0. The molecule has 0 radical (unpaired) electrons. The summed E-state index contributed by atoms with van der Waals surface area (Å²) in [5.41, 5.74) is -1.20. The van der Waals surface area contributed by atoms with E-state index in [1.54, 1.807) is 13.8 Å². The lowest BCUT2D eigenvalue weighted by Gasteiger charge is -2.20. The molecule has 1 aliphatic rings. The van der Waals surface area contributed by atoms with Gasteiger partial charge in [0.05, 0.1) is 5.57 Å². The quantitative estimate of drug-likeness (QED) is 0.535. The topological polar surface area (TPSA) is 149 Å². The third-order valence-electron chi connectivity index (χ3n) is 4.75. The highest BCUT2D eigenvalue weighted by molar-refractivity contribution is 6.01. The highest BCUT2D eigenvalue weighted by atomic mass is 16.4. The van der Waals surface area contributed by atoms with Gasteiger partial charge >= 0.3 is 23.9 Å². The molecule has 8 nitrogen and oxygen atoms in total. The van der Waals surface area contributed by atoms with Crippen LogP contribution < -0.4 is 0 Å². The van der Waals surface area contributed by atoms with Crippen molar-refractivity contribution in [3.63, 3.8) is 0 Å². The maximum absolute atomic E-state index is 11.8.